The maximum atomic E-state index is 12.2. The van der Waals surface area contributed by atoms with E-state index in [1.165, 1.54) is 6.07 Å². The Hall–Kier alpha value is -3.86. The van der Waals surface area contributed by atoms with Crippen LogP contribution >= 0.6 is 0 Å². The lowest BCUT2D eigenvalue weighted by Crippen LogP contribution is -2.20. The summed E-state index contributed by atoms with van der Waals surface area (Å²) in [6.45, 7) is -0.122. The fraction of sp³-hybridized carbons (Fsp3) is 0.0435. The molecule has 1 amide bonds. The minimum atomic E-state index is -0.404. The molecule has 5 nitrogen and oxygen atoms in total. The van der Waals surface area contributed by atoms with Crippen molar-refractivity contribution in [3.05, 3.63) is 95.3 Å². The van der Waals surface area contributed by atoms with Crippen molar-refractivity contribution in [2.24, 2.45) is 0 Å². The zero-order valence-corrected chi connectivity index (χ0v) is 14.9. The molecule has 1 N–H and O–H groups in total. The Labute approximate surface area is 161 Å². The standard InChI is InChI=1S/C23H17NO4/c25-22(15-27-20-11-12-21-18(14-20)8-13-23(26)28-21)24-19-9-6-17(7-10-19)16-4-2-1-3-5-16/h1-14H,15H2,(H,24,25). The van der Waals surface area contributed by atoms with E-state index < -0.39 is 5.63 Å². The molecule has 0 aliphatic heterocycles. The summed E-state index contributed by atoms with van der Waals surface area (Å²) in [6.07, 6.45) is 0. The highest BCUT2D eigenvalue weighted by Gasteiger charge is 2.06. The third kappa shape index (κ3) is 4.10. The molecule has 0 saturated heterocycles. The summed E-state index contributed by atoms with van der Waals surface area (Å²) in [4.78, 5) is 23.4. The number of hydrogen-bond donors (Lipinski definition) is 1. The predicted molar refractivity (Wildman–Crippen MR) is 108 cm³/mol. The van der Waals surface area contributed by atoms with Crippen LogP contribution in [0.3, 0.4) is 0 Å². The molecule has 0 saturated carbocycles. The average Bonchev–Trinajstić information content (AvgIpc) is 2.73. The number of benzene rings is 3. The van der Waals surface area contributed by atoms with Gasteiger partial charge in [-0.25, -0.2) is 4.79 Å². The molecule has 1 aromatic heterocycles. The van der Waals surface area contributed by atoms with Crippen molar-refractivity contribution < 1.29 is 13.9 Å². The van der Waals surface area contributed by atoms with Crippen LogP contribution in [0.15, 0.2) is 94.1 Å². The van der Waals surface area contributed by atoms with E-state index in [1.54, 1.807) is 24.3 Å². The summed E-state index contributed by atoms with van der Waals surface area (Å²) in [6, 6.07) is 25.7. The van der Waals surface area contributed by atoms with E-state index in [0.29, 0.717) is 17.0 Å². The molecule has 1 heterocycles. The molecule has 0 spiro atoms. The molecule has 0 aliphatic rings. The highest BCUT2D eigenvalue weighted by atomic mass is 16.5. The molecule has 0 bridgehead atoms. The quantitative estimate of drug-likeness (QED) is 0.525. The third-order valence-corrected chi connectivity index (χ3v) is 4.24. The summed E-state index contributed by atoms with van der Waals surface area (Å²) in [7, 11) is 0. The topological polar surface area (TPSA) is 68.5 Å². The van der Waals surface area contributed by atoms with Gasteiger partial charge in [-0.15, -0.1) is 0 Å². The number of fused-ring (bicyclic) bond motifs is 1. The average molecular weight is 371 g/mol. The summed E-state index contributed by atoms with van der Waals surface area (Å²) >= 11 is 0. The van der Waals surface area contributed by atoms with Gasteiger partial charge in [0.05, 0.1) is 0 Å². The Bertz CT molecular complexity index is 1160. The van der Waals surface area contributed by atoms with Gasteiger partial charge in [0.15, 0.2) is 6.61 Å². The molecule has 4 aromatic rings. The van der Waals surface area contributed by atoms with Crippen LogP contribution in [0.5, 0.6) is 5.75 Å². The van der Waals surface area contributed by atoms with E-state index in [2.05, 4.69) is 5.32 Å². The van der Waals surface area contributed by atoms with Gasteiger partial charge in [-0.3, -0.25) is 4.79 Å². The van der Waals surface area contributed by atoms with E-state index in [4.69, 9.17) is 9.15 Å². The monoisotopic (exact) mass is 371 g/mol. The van der Waals surface area contributed by atoms with E-state index in [1.807, 2.05) is 54.6 Å². The number of anilines is 1. The highest BCUT2D eigenvalue weighted by Crippen LogP contribution is 2.21. The van der Waals surface area contributed by atoms with Crippen LogP contribution in [0, 0.1) is 0 Å². The molecular weight excluding hydrogens is 354 g/mol. The first-order valence-electron chi connectivity index (χ1n) is 8.79. The van der Waals surface area contributed by atoms with Gasteiger partial charge in [0.1, 0.15) is 11.3 Å². The molecule has 5 heteroatoms. The maximum absolute atomic E-state index is 12.2. The lowest BCUT2D eigenvalue weighted by molar-refractivity contribution is -0.118. The maximum Gasteiger partial charge on any atom is 0.336 e. The van der Waals surface area contributed by atoms with Crippen molar-refractivity contribution in [3.63, 3.8) is 0 Å². The largest absolute Gasteiger partial charge is 0.484 e. The Morgan fingerprint density at radius 1 is 0.857 bits per heavy atom. The number of ether oxygens (including phenoxy) is 1. The van der Waals surface area contributed by atoms with Crippen LogP contribution in [0.1, 0.15) is 0 Å². The highest BCUT2D eigenvalue weighted by molar-refractivity contribution is 5.92. The number of amides is 1. The SMILES string of the molecule is O=C(COc1ccc2oc(=O)ccc2c1)Nc1ccc(-c2ccccc2)cc1. The molecule has 138 valence electrons. The van der Waals surface area contributed by atoms with Gasteiger partial charge in [0.25, 0.3) is 5.91 Å². The van der Waals surface area contributed by atoms with Crippen LogP contribution in [0.25, 0.3) is 22.1 Å². The molecule has 3 aromatic carbocycles. The van der Waals surface area contributed by atoms with Gasteiger partial charge in [-0.05, 0) is 47.5 Å². The van der Waals surface area contributed by atoms with Crippen molar-refractivity contribution in [3.8, 4) is 16.9 Å². The summed E-state index contributed by atoms with van der Waals surface area (Å²) in [5.74, 6) is 0.267. The Morgan fingerprint density at radius 3 is 2.39 bits per heavy atom. The Kier molecular flexibility index (Phi) is 4.89. The van der Waals surface area contributed by atoms with Crippen molar-refractivity contribution >= 4 is 22.6 Å². The molecule has 0 fully saturated rings. The van der Waals surface area contributed by atoms with Gasteiger partial charge in [0, 0.05) is 17.1 Å². The van der Waals surface area contributed by atoms with E-state index in [-0.39, 0.29) is 12.5 Å². The number of carbonyl (C=O) groups is 1. The number of carbonyl (C=O) groups excluding carboxylic acids is 1. The lowest BCUT2D eigenvalue weighted by atomic mass is 10.1. The fourth-order valence-corrected chi connectivity index (χ4v) is 2.86. The van der Waals surface area contributed by atoms with E-state index in [9.17, 15) is 9.59 Å². The van der Waals surface area contributed by atoms with Crippen LogP contribution in [-0.2, 0) is 4.79 Å². The van der Waals surface area contributed by atoms with Gasteiger partial charge < -0.3 is 14.5 Å². The first kappa shape index (κ1) is 17.5. The summed E-state index contributed by atoms with van der Waals surface area (Å²) < 4.78 is 10.6. The van der Waals surface area contributed by atoms with E-state index in [0.717, 1.165) is 16.5 Å². The second kappa shape index (κ2) is 7.80. The van der Waals surface area contributed by atoms with Crippen LogP contribution in [0.2, 0.25) is 0 Å². The summed E-state index contributed by atoms with van der Waals surface area (Å²) in [5.41, 5.74) is 2.98. The number of rotatable bonds is 5. The van der Waals surface area contributed by atoms with Crippen molar-refractivity contribution in [1.29, 1.82) is 0 Å². The number of hydrogen-bond acceptors (Lipinski definition) is 4. The summed E-state index contributed by atoms with van der Waals surface area (Å²) in [5, 5.41) is 3.54. The second-order valence-electron chi connectivity index (χ2n) is 6.23. The number of nitrogens with one attached hydrogen (secondary N) is 1. The molecule has 0 unspecified atom stereocenters. The predicted octanol–water partition coefficient (Wildman–Crippen LogP) is 4.48. The molecule has 0 aliphatic carbocycles. The third-order valence-electron chi connectivity index (χ3n) is 4.24. The van der Waals surface area contributed by atoms with Gasteiger partial charge in [-0.1, -0.05) is 42.5 Å². The lowest BCUT2D eigenvalue weighted by Gasteiger charge is -2.09. The molecule has 0 atom stereocenters. The normalized spacial score (nSPS) is 10.6. The van der Waals surface area contributed by atoms with E-state index >= 15 is 0 Å². The minimum absolute atomic E-state index is 0.122. The van der Waals surface area contributed by atoms with Crippen LogP contribution in [0.4, 0.5) is 5.69 Å². The van der Waals surface area contributed by atoms with Crippen molar-refractivity contribution in [2.45, 2.75) is 0 Å². The molecule has 4 rings (SSSR count). The Balaban J connectivity index is 1.37. The van der Waals surface area contributed by atoms with Crippen LogP contribution < -0.4 is 15.7 Å². The Morgan fingerprint density at radius 2 is 1.61 bits per heavy atom. The zero-order valence-electron chi connectivity index (χ0n) is 14.9. The second-order valence-corrected chi connectivity index (χ2v) is 6.23. The van der Waals surface area contributed by atoms with Gasteiger partial charge in [0.2, 0.25) is 0 Å². The molecule has 28 heavy (non-hydrogen) atoms. The smallest absolute Gasteiger partial charge is 0.336 e. The zero-order chi connectivity index (χ0) is 19.3. The first-order chi connectivity index (χ1) is 13.7. The van der Waals surface area contributed by atoms with Gasteiger partial charge >= 0.3 is 5.63 Å². The van der Waals surface area contributed by atoms with Gasteiger partial charge in [-0.2, -0.15) is 0 Å². The van der Waals surface area contributed by atoms with Crippen molar-refractivity contribution in [1.82, 2.24) is 0 Å². The van der Waals surface area contributed by atoms with Crippen molar-refractivity contribution in [2.75, 3.05) is 11.9 Å². The van der Waals surface area contributed by atoms with Crippen LogP contribution in [-0.4, -0.2) is 12.5 Å². The molecular formula is C23H17NO4. The molecule has 0 radical (unpaired) electrons. The fourth-order valence-electron chi connectivity index (χ4n) is 2.86. The first-order valence-corrected chi connectivity index (χ1v) is 8.79. The minimum Gasteiger partial charge on any atom is -0.484 e.